The summed E-state index contributed by atoms with van der Waals surface area (Å²) in [5.41, 5.74) is 23.0. The summed E-state index contributed by atoms with van der Waals surface area (Å²) in [6.45, 7) is 34.8. The second kappa shape index (κ2) is 20.5. The maximum atomic E-state index is 2.60. The molecule has 0 unspecified atom stereocenters. The van der Waals surface area contributed by atoms with Crippen molar-refractivity contribution < 1.29 is 0 Å². The summed E-state index contributed by atoms with van der Waals surface area (Å²) in [6.07, 6.45) is 0. The SMILES string of the molecule is CC(C)(C)c1ccc(-c2ccccc2-c2ccc(C(C)(C)C)cc2N(c2cccc(-c3cc(-c4ccccc4)cc(C(C)(C)C)c3)c2)c2ccc3ccc4c(-n5c6ccc(C(C)(C)C)cc6c6cc(C(C)(C)C)ccc65)ccc5ccc2c3c54)cc1. The Balaban J connectivity index is 1.09. The second-order valence-electron chi connectivity index (χ2n) is 29.5. The fourth-order valence-electron chi connectivity index (χ4n) is 13.2. The van der Waals surface area contributed by atoms with Gasteiger partial charge in [0.1, 0.15) is 0 Å². The van der Waals surface area contributed by atoms with Gasteiger partial charge in [0.05, 0.1) is 28.1 Å². The van der Waals surface area contributed by atoms with Crippen LogP contribution in [0.4, 0.5) is 17.1 Å². The minimum atomic E-state index is -0.140. The van der Waals surface area contributed by atoms with Gasteiger partial charge in [0, 0.05) is 32.8 Å². The summed E-state index contributed by atoms with van der Waals surface area (Å²) in [5.74, 6) is 0. The number of hydrogen-bond acceptors (Lipinski definition) is 1. The molecule has 0 saturated carbocycles. The summed E-state index contributed by atoms with van der Waals surface area (Å²) in [5, 5.41) is 10.0. The molecule has 86 heavy (non-hydrogen) atoms. The van der Waals surface area contributed by atoms with Gasteiger partial charge in [0.25, 0.3) is 0 Å². The predicted molar refractivity (Wildman–Crippen MR) is 374 cm³/mol. The van der Waals surface area contributed by atoms with E-state index in [9.17, 15) is 0 Å². The van der Waals surface area contributed by atoms with E-state index in [-0.39, 0.29) is 27.1 Å². The lowest BCUT2D eigenvalue weighted by Gasteiger charge is -2.32. The molecule has 0 aliphatic rings. The van der Waals surface area contributed by atoms with Gasteiger partial charge in [-0.3, -0.25) is 0 Å². The van der Waals surface area contributed by atoms with Crippen LogP contribution in [0.2, 0.25) is 0 Å². The van der Waals surface area contributed by atoms with Crippen LogP contribution in [0.15, 0.2) is 224 Å². The predicted octanol–water partition coefficient (Wildman–Crippen LogP) is 24.3. The molecular weight excluding hydrogens is 1040 g/mol. The van der Waals surface area contributed by atoms with Crippen molar-refractivity contribution in [2.24, 2.45) is 0 Å². The Labute approximate surface area is 511 Å². The van der Waals surface area contributed by atoms with Crippen LogP contribution < -0.4 is 4.90 Å². The molecule has 13 rings (SSSR count). The van der Waals surface area contributed by atoms with E-state index in [2.05, 4.69) is 338 Å². The van der Waals surface area contributed by atoms with Gasteiger partial charge in [0.15, 0.2) is 0 Å². The third-order valence-corrected chi connectivity index (χ3v) is 18.3. The molecule has 0 bridgehead atoms. The van der Waals surface area contributed by atoms with Gasteiger partial charge in [-0.1, -0.05) is 268 Å². The quantitative estimate of drug-likeness (QED) is 0.138. The highest BCUT2D eigenvalue weighted by Crippen LogP contribution is 2.51. The van der Waals surface area contributed by atoms with E-state index in [1.807, 2.05) is 0 Å². The fourth-order valence-corrected chi connectivity index (χ4v) is 13.2. The molecule has 0 N–H and O–H groups in total. The Hall–Kier alpha value is -8.72. The van der Waals surface area contributed by atoms with E-state index in [1.54, 1.807) is 0 Å². The molecule has 13 aromatic rings. The highest BCUT2D eigenvalue weighted by atomic mass is 15.1. The standard InChI is InChI=1S/C84H82N2/c1-80(2,3)60-34-28-54(29-35-60)66-26-19-20-27-67(66)68-41-36-63(83(10,11)12)52-77(68)85(65-25-21-24-57(49-65)59-46-58(53-22-17-16-18-23-53)47-64(48-59)84(13,14)15)73-42-32-55-31-40-70-74(43-33-56-30-39-69(73)78(55)79(56)70)86-75-44-37-61(81(4,5)6)50-71(75)72-51-62(82(7,8)9)38-45-76(72)86/h16-52H,1-15H3. The van der Waals surface area contributed by atoms with Gasteiger partial charge in [-0.05, 0) is 176 Å². The highest BCUT2D eigenvalue weighted by Gasteiger charge is 2.28. The molecule has 428 valence electrons. The second-order valence-corrected chi connectivity index (χ2v) is 29.5. The van der Waals surface area contributed by atoms with Crippen molar-refractivity contribution in [3.8, 4) is 50.2 Å². The minimum absolute atomic E-state index is 0.00394. The third-order valence-electron chi connectivity index (χ3n) is 18.3. The monoisotopic (exact) mass is 1120 g/mol. The summed E-state index contributed by atoms with van der Waals surface area (Å²) < 4.78 is 2.55. The van der Waals surface area contributed by atoms with E-state index in [0.29, 0.717) is 0 Å². The Bertz CT molecular complexity index is 4670. The highest BCUT2D eigenvalue weighted by molar-refractivity contribution is 6.28. The van der Waals surface area contributed by atoms with Gasteiger partial charge >= 0.3 is 0 Å². The molecule has 0 saturated heterocycles. The minimum Gasteiger partial charge on any atom is -0.309 e. The first-order valence-corrected chi connectivity index (χ1v) is 31.1. The Morgan fingerprint density at radius 3 is 1.36 bits per heavy atom. The molecule has 0 spiro atoms. The smallest absolute Gasteiger partial charge is 0.0543 e. The van der Waals surface area contributed by atoms with Crippen molar-refractivity contribution in [1.82, 2.24) is 4.57 Å². The lowest BCUT2D eigenvalue weighted by atomic mass is 9.83. The topological polar surface area (TPSA) is 8.17 Å². The number of aromatic nitrogens is 1. The summed E-state index contributed by atoms with van der Waals surface area (Å²) in [7, 11) is 0. The molecule has 12 aromatic carbocycles. The van der Waals surface area contributed by atoms with Crippen LogP contribution in [0.3, 0.4) is 0 Å². The maximum absolute atomic E-state index is 2.60. The maximum Gasteiger partial charge on any atom is 0.0543 e. The van der Waals surface area contributed by atoms with Crippen molar-refractivity contribution >= 4 is 71.2 Å². The number of rotatable bonds is 8. The summed E-state index contributed by atoms with van der Waals surface area (Å²) in [4.78, 5) is 2.60. The molecule has 1 aromatic heterocycles. The van der Waals surface area contributed by atoms with Gasteiger partial charge in [-0.2, -0.15) is 0 Å². The molecule has 0 aliphatic carbocycles. The average molecular weight is 1120 g/mol. The van der Waals surface area contributed by atoms with E-state index in [0.717, 1.165) is 17.1 Å². The normalized spacial score (nSPS) is 12.8. The van der Waals surface area contributed by atoms with Crippen LogP contribution in [0.5, 0.6) is 0 Å². The van der Waals surface area contributed by atoms with E-state index >= 15 is 0 Å². The summed E-state index contributed by atoms with van der Waals surface area (Å²) >= 11 is 0. The van der Waals surface area contributed by atoms with Gasteiger partial charge in [-0.15, -0.1) is 0 Å². The van der Waals surface area contributed by atoms with E-state index in [4.69, 9.17) is 0 Å². The molecule has 0 aliphatic heterocycles. The number of anilines is 3. The fraction of sp³-hybridized carbons (Fsp3) is 0.238. The first kappa shape index (κ1) is 56.4. The van der Waals surface area contributed by atoms with Crippen molar-refractivity contribution in [1.29, 1.82) is 0 Å². The molecule has 0 amide bonds. The van der Waals surface area contributed by atoms with Gasteiger partial charge < -0.3 is 9.47 Å². The lowest BCUT2D eigenvalue weighted by molar-refractivity contribution is 0.590. The van der Waals surface area contributed by atoms with Gasteiger partial charge in [-0.25, -0.2) is 0 Å². The first-order chi connectivity index (χ1) is 40.8. The molecule has 0 radical (unpaired) electrons. The Morgan fingerprint density at radius 1 is 0.267 bits per heavy atom. The number of fused-ring (bicyclic) bond motifs is 3. The summed E-state index contributed by atoms with van der Waals surface area (Å²) in [6, 6.07) is 86.3. The lowest BCUT2D eigenvalue weighted by Crippen LogP contribution is -2.16. The molecule has 0 fully saturated rings. The van der Waals surface area contributed by atoms with Crippen LogP contribution in [-0.4, -0.2) is 4.57 Å². The van der Waals surface area contributed by atoms with Crippen molar-refractivity contribution in [2.45, 2.75) is 131 Å². The number of benzene rings is 12. The van der Waals surface area contributed by atoms with Crippen LogP contribution in [0.25, 0.3) is 104 Å². The average Bonchev–Trinajstić information content (AvgIpc) is 1.24. The van der Waals surface area contributed by atoms with E-state index in [1.165, 1.54) is 132 Å². The molecule has 2 heteroatoms. The van der Waals surface area contributed by atoms with E-state index < -0.39 is 0 Å². The van der Waals surface area contributed by atoms with Crippen LogP contribution >= 0.6 is 0 Å². The molecule has 1 heterocycles. The number of hydrogen-bond donors (Lipinski definition) is 0. The zero-order chi connectivity index (χ0) is 60.4. The zero-order valence-corrected chi connectivity index (χ0v) is 53.3. The van der Waals surface area contributed by atoms with Gasteiger partial charge in [0.2, 0.25) is 0 Å². The largest absolute Gasteiger partial charge is 0.309 e. The Morgan fingerprint density at radius 2 is 0.756 bits per heavy atom. The Kier molecular flexibility index (Phi) is 13.4. The molecule has 0 atom stereocenters. The van der Waals surface area contributed by atoms with Crippen LogP contribution in [0, 0.1) is 0 Å². The van der Waals surface area contributed by atoms with Crippen molar-refractivity contribution in [2.75, 3.05) is 4.90 Å². The zero-order valence-electron chi connectivity index (χ0n) is 53.3. The number of nitrogens with zero attached hydrogens (tertiary/aromatic N) is 2. The first-order valence-electron chi connectivity index (χ1n) is 31.1. The van der Waals surface area contributed by atoms with Crippen LogP contribution in [0.1, 0.15) is 132 Å². The van der Waals surface area contributed by atoms with Crippen LogP contribution in [-0.2, 0) is 27.1 Å². The van der Waals surface area contributed by atoms with Crippen molar-refractivity contribution in [3.63, 3.8) is 0 Å². The molecule has 2 nitrogen and oxygen atoms in total. The third kappa shape index (κ3) is 10.1. The van der Waals surface area contributed by atoms with Crippen molar-refractivity contribution in [3.05, 3.63) is 252 Å². The molecular formula is C84H82N2.